The molecule has 0 amide bonds. The van der Waals surface area contributed by atoms with Crippen LogP contribution in [0.3, 0.4) is 0 Å². The zero-order valence-corrected chi connectivity index (χ0v) is 7.53. The average Bonchev–Trinajstić information content (AvgIpc) is 2.03. The summed E-state index contributed by atoms with van der Waals surface area (Å²) in [6, 6.07) is 3.55. The predicted octanol–water partition coefficient (Wildman–Crippen LogP) is 1.32. The Labute approximate surface area is 72.0 Å². The fourth-order valence-corrected chi connectivity index (χ4v) is 1.01. The monoisotopic (exact) mass is 167 g/mol. The summed E-state index contributed by atoms with van der Waals surface area (Å²) in [5.41, 5.74) is -0.389. The van der Waals surface area contributed by atoms with Crippen LogP contribution in [0.4, 0.5) is 0 Å². The molecule has 3 heteroatoms. The largest absolute Gasteiger partial charge is 0.495 e. The van der Waals surface area contributed by atoms with Crippen LogP contribution in [-0.4, -0.2) is 17.2 Å². The van der Waals surface area contributed by atoms with E-state index in [4.69, 9.17) is 4.74 Å². The summed E-state index contributed by atoms with van der Waals surface area (Å²) < 4.78 is 5.05. The van der Waals surface area contributed by atoms with E-state index in [0.717, 1.165) is 0 Å². The maximum atomic E-state index is 9.66. The molecular weight excluding hydrogens is 154 g/mol. The van der Waals surface area contributed by atoms with Crippen LogP contribution in [0.1, 0.15) is 19.5 Å². The van der Waals surface area contributed by atoms with Gasteiger partial charge in [0.1, 0.15) is 17.0 Å². The van der Waals surface area contributed by atoms with Gasteiger partial charge in [0.05, 0.1) is 7.11 Å². The Hall–Kier alpha value is -1.09. The molecule has 0 atom stereocenters. The van der Waals surface area contributed by atoms with E-state index in [0.29, 0.717) is 11.4 Å². The van der Waals surface area contributed by atoms with Gasteiger partial charge in [-0.2, -0.15) is 0 Å². The molecule has 0 bridgehead atoms. The molecule has 1 heterocycles. The van der Waals surface area contributed by atoms with Crippen LogP contribution in [-0.2, 0) is 5.60 Å². The summed E-state index contributed by atoms with van der Waals surface area (Å²) in [4.78, 5) is 4.05. The summed E-state index contributed by atoms with van der Waals surface area (Å²) in [6.45, 7) is 3.36. The minimum Gasteiger partial charge on any atom is -0.495 e. The first-order valence-electron chi connectivity index (χ1n) is 3.77. The van der Waals surface area contributed by atoms with Crippen molar-refractivity contribution in [2.24, 2.45) is 0 Å². The van der Waals surface area contributed by atoms with Crippen LogP contribution in [0, 0.1) is 0 Å². The topological polar surface area (TPSA) is 42.4 Å². The zero-order chi connectivity index (χ0) is 9.19. The van der Waals surface area contributed by atoms with E-state index in [-0.39, 0.29) is 0 Å². The number of rotatable bonds is 2. The maximum Gasteiger partial charge on any atom is 0.143 e. The molecule has 1 aromatic heterocycles. The quantitative estimate of drug-likeness (QED) is 0.722. The van der Waals surface area contributed by atoms with Gasteiger partial charge in [0.25, 0.3) is 0 Å². The Morgan fingerprint density at radius 2 is 2.17 bits per heavy atom. The van der Waals surface area contributed by atoms with Gasteiger partial charge in [-0.25, -0.2) is 0 Å². The van der Waals surface area contributed by atoms with Crippen molar-refractivity contribution in [3.05, 3.63) is 24.0 Å². The number of hydrogen-bond donors (Lipinski definition) is 1. The number of pyridine rings is 1. The highest BCUT2D eigenvalue weighted by Gasteiger charge is 2.21. The molecule has 0 unspecified atom stereocenters. The molecule has 1 rings (SSSR count). The van der Waals surface area contributed by atoms with Crippen molar-refractivity contribution in [1.29, 1.82) is 0 Å². The van der Waals surface area contributed by atoms with Crippen LogP contribution < -0.4 is 4.74 Å². The first-order chi connectivity index (χ1) is 5.55. The highest BCUT2D eigenvalue weighted by molar-refractivity contribution is 5.30. The molecule has 0 aromatic carbocycles. The Kier molecular flexibility index (Phi) is 2.33. The molecule has 0 saturated carbocycles. The van der Waals surface area contributed by atoms with Crippen molar-refractivity contribution in [3.63, 3.8) is 0 Å². The number of hydrogen-bond acceptors (Lipinski definition) is 3. The normalized spacial score (nSPS) is 11.3. The molecule has 12 heavy (non-hydrogen) atoms. The van der Waals surface area contributed by atoms with Gasteiger partial charge in [-0.1, -0.05) is 0 Å². The van der Waals surface area contributed by atoms with Crippen molar-refractivity contribution in [2.45, 2.75) is 19.4 Å². The molecule has 0 radical (unpaired) electrons. The summed E-state index contributed by atoms with van der Waals surface area (Å²) in [5.74, 6) is 0.616. The molecule has 1 aromatic rings. The van der Waals surface area contributed by atoms with E-state index >= 15 is 0 Å². The molecule has 0 aliphatic rings. The van der Waals surface area contributed by atoms with Gasteiger partial charge in [0.2, 0.25) is 0 Å². The Bertz CT molecular complexity index is 265. The third-order valence-electron chi connectivity index (χ3n) is 1.57. The van der Waals surface area contributed by atoms with Gasteiger partial charge in [0, 0.05) is 6.20 Å². The average molecular weight is 167 g/mol. The molecule has 66 valence electrons. The Morgan fingerprint density at radius 1 is 1.50 bits per heavy atom. The van der Waals surface area contributed by atoms with Gasteiger partial charge in [-0.05, 0) is 26.0 Å². The lowest BCUT2D eigenvalue weighted by atomic mass is 10.0. The highest BCUT2D eigenvalue weighted by atomic mass is 16.5. The lowest BCUT2D eigenvalue weighted by Crippen LogP contribution is -2.18. The highest BCUT2D eigenvalue weighted by Crippen LogP contribution is 2.26. The van der Waals surface area contributed by atoms with E-state index < -0.39 is 5.60 Å². The van der Waals surface area contributed by atoms with E-state index in [1.54, 1.807) is 39.3 Å². The van der Waals surface area contributed by atoms with Crippen LogP contribution >= 0.6 is 0 Å². The fraction of sp³-hybridized carbons (Fsp3) is 0.444. The summed E-state index contributed by atoms with van der Waals surface area (Å²) in [6.07, 6.45) is 1.63. The van der Waals surface area contributed by atoms with Crippen molar-refractivity contribution in [2.75, 3.05) is 7.11 Å². The van der Waals surface area contributed by atoms with E-state index in [2.05, 4.69) is 4.98 Å². The Balaban J connectivity index is 3.14. The molecular formula is C9H13NO2. The number of aromatic nitrogens is 1. The van der Waals surface area contributed by atoms with Crippen LogP contribution in [0.15, 0.2) is 18.3 Å². The van der Waals surface area contributed by atoms with Gasteiger partial charge in [-0.15, -0.1) is 0 Å². The van der Waals surface area contributed by atoms with Crippen LogP contribution in [0.25, 0.3) is 0 Å². The number of methoxy groups -OCH3 is 1. The predicted molar refractivity (Wildman–Crippen MR) is 46.0 cm³/mol. The van der Waals surface area contributed by atoms with Gasteiger partial charge >= 0.3 is 0 Å². The van der Waals surface area contributed by atoms with E-state index in [9.17, 15) is 5.11 Å². The molecule has 0 saturated heterocycles. The lowest BCUT2D eigenvalue weighted by Gasteiger charge is -2.18. The number of aliphatic hydroxyl groups is 1. The SMILES string of the molecule is COc1cccnc1C(C)(C)O. The summed E-state index contributed by atoms with van der Waals surface area (Å²) in [7, 11) is 1.56. The van der Waals surface area contributed by atoms with Gasteiger partial charge in [0.15, 0.2) is 0 Å². The number of nitrogens with zero attached hydrogens (tertiary/aromatic N) is 1. The molecule has 0 spiro atoms. The van der Waals surface area contributed by atoms with Crippen LogP contribution in [0.5, 0.6) is 5.75 Å². The van der Waals surface area contributed by atoms with Crippen molar-refractivity contribution < 1.29 is 9.84 Å². The van der Waals surface area contributed by atoms with Gasteiger partial charge < -0.3 is 9.84 Å². The fourth-order valence-electron chi connectivity index (χ4n) is 1.01. The first kappa shape index (κ1) is 9.00. The maximum absolute atomic E-state index is 9.66. The zero-order valence-electron chi connectivity index (χ0n) is 7.53. The van der Waals surface area contributed by atoms with Gasteiger partial charge in [-0.3, -0.25) is 4.98 Å². The first-order valence-corrected chi connectivity index (χ1v) is 3.77. The molecule has 3 nitrogen and oxygen atoms in total. The molecule has 0 aliphatic heterocycles. The Morgan fingerprint density at radius 3 is 2.58 bits per heavy atom. The van der Waals surface area contributed by atoms with Crippen molar-refractivity contribution >= 4 is 0 Å². The van der Waals surface area contributed by atoms with Crippen molar-refractivity contribution in [1.82, 2.24) is 4.98 Å². The second kappa shape index (κ2) is 3.11. The summed E-state index contributed by atoms with van der Waals surface area (Å²) in [5, 5.41) is 9.66. The smallest absolute Gasteiger partial charge is 0.143 e. The second-order valence-electron chi connectivity index (χ2n) is 3.11. The minimum absolute atomic E-state index is 0.563. The third kappa shape index (κ3) is 1.74. The summed E-state index contributed by atoms with van der Waals surface area (Å²) >= 11 is 0. The van der Waals surface area contributed by atoms with Crippen molar-refractivity contribution in [3.8, 4) is 5.75 Å². The van der Waals surface area contributed by atoms with Crippen LogP contribution in [0.2, 0.25) is 0 Å². The third-order valence-corrected chi connectivity index (χ3v) is 1.57. The van der Waals surface area contributed by atoms with E-state index in [1.165, 1.54) is 0 Å². The minimum atomic E-state index is -0.952. The van der Waals surface area contributed by atoms with E-state index in [1.807, 2.05) is 0 Å². The lowest BCUT2D eigenvalue weighted by molar-refractivity contribution is 0.0707. The molecule has 0 fully saturated rings. The second-order valence-corrected chi connectivity index (χ2v) is 3.11. The standard InChI is InChI=1S/C9H13NO2/c1-9(2,11)8-7(12-3)5-4-6-10-8/h4-6,11H,1-3H3. The molecule has 1 N–H and O–H groups in total. The number of ether oxygens (including phenoxy) is 1. The molecule has 0 aliphatic carbocycles.